The van der Waals surface area contributed by atoms with E-state index < -0.39 is 0 Å². The molecule has 0 bridgehead atoms. The predicted molar refractivity (Wildman–Crippen MR) is 98.6 cm³/mol. The third-order valence-corrected chi connectivity index (χ3v) is 3.72. The summed E-state index contributed by atoms with van der Waals surface area (Å²) >= 11 is 0. The SMILES string of the molecule is CNC(=O)Cc1ccc(NC(=O)Nc2cc(CCC(C)C)[nH]n2)cc1. The number of benzene rings is 1. The second kappa shape index (κ2) is 8.86. The number of likely N-dealkylation sites (N-methyl/N-ethyl adjacent to an activating group) is 1. The molecule has 0 atom stereocenters. The fourth-order valence-electron chi connectivity index (χ4n) is 2.26. The third kappa shape index (κ3) is 6.29. The summed E-state index contributed by atoms with van der Waals surface area (Å²) in [6, 6.07) is 8.62. The van der Waals surface area contributed by atoms with Crippen molar-refractivity contribution in [2.24, 2.45) is 5.92 Å². The Morgan fingerprint density at radius 2 is 1.88 bits per heavy atom. The first-order valence-corrected chi connectivity index (χ1v) is 8.38. The molecule has 0 saturated carbocycles. The summed E-state index contributed by atoms with van der Waals surface area (Å²) in [6.45, 7) is 4.34. The quantitative estimate of drug-likeness (QED) is 0.622. The number of urea groups is 1. The van der Waals surface area contributed by atoms with Gasteiger partial charge in [-0.15, -0.1) is 0 Å². The molecule has 2 rings (SSSR count). The van der Waals surface area contributed by atoms with E-state index in [0.717, 1.165) is 24.1 Å². The van der Waals surface area contributed by atoms with Crippen LogP contribution in [0, 0.1) is 5.92 Å². The first kappa shape index (κ1) is 18.5. The number of carbonyl (C=O) groups is 2. The van der Waals surface area contributed by atoms with Gasteiger partial charge in [0.05, 0.1) is 6.42 Å². The van der Waals surface area contributed by atoms with Gasteiger partial charge in [-0.05, 0) is 36.5 Å². The number of aryl methyl sites for hydroxylation is 1. The maximum absolute atomic E-state index is 12.0. The first-order valence-electron chi connectivity index (χ1n) is 8.38. The predicted octanol–water partition coefficient (Wildman–Crippen LogP) is 2.93. The number of nitrogens with zero attached hydrogens (tertiary/aromatic N) is 1. The van der Waals surface area contributed by atoms with Crippen LogP contribution in [0.3, 0.4) is 0 Å². The molecular weight excluding hydrogens is 318 g/mol. The highest BCUT2D eigenvalue weighted by Gasteiger charge is 2.07. The van der Waals surface area contributed by atoms with Gasteiger partial charge in [-0.3, -0.25) is 15.2 Å². The molecule has 0 aliphatic carbocycles. The largest absolute Gasteiger partial charge is 0.359 e. The van der Waals surface area contributed by atoms with E-state index in [2.05, 4.69) is 40.0 Å². The van der Waals surface area contributed by atoms with Crippen molar-refractivity contribution < 1.29 is 9.59 Å². The van der Waals surface area contributed by atoms with Crippen LogP contribution in [0.5, 0.6) is 0 Å². The number of anilines is 2. The van der Waals surface area contributed by atoms with Gasteiger partial charge < -0.3 is 10.6 Å². The van der Waals surface area contributed by atoms with E-state index in [0.29, 0.717) is 23.8 Å². The van der Waals surface area contributed by atoms with Crippen LogP contribution in [0.1, 0.15) is 31.5 Å². The highest BCUT2D eigenvalue weighted by molar-refractivity contribution is 5.99. The highest BCUT2D eigenvalue weighted by Crippen LogP contribution is 2.13. The van der Waals surface area contributed by atoms with Crippen LogP contribution < -0.4 is 16.0 Å². The van der Waals surface area contributed by atoms with Crippen molar-refractivity contribution in [1.82, 2.24) is 15.5 Å². The van der Waals surface area contributed by atoms with Gasteiger partial charge in [0.1, 0.15) is 0 Å². The molecule has 1 aromatic heterocycles. The van der Waals surface area contributed by atoms with Gasteiger partial charge in [0.15, 0.2) is 5.82 Å². The number of nitrogens with one attached hydrogen (secondary N) is 4. The molecule has 25 heavy (non-hydrogen) atoms. The first-order chi connectivity index (χ1) is 12.0. The molecule has 7 nitrogen and oxygen atoms in total. The third-order valence-electron chi connectivity index (χ3n) is 3.72. The Hall–Kier alpha value is -2.83. The Bertz CT molecular complexity index is 707. The second-order valence-electron chi connectivity index (χ2n) is 6.34. The molecule has 0 aliphatic heterocycles. The second-order valence-corrected chi connectivity index (χ2v) is 6.34. The molecule has 1 heterocycles. The van der Waals surface area contributed by atoms with Crippen molar-refractivity contribution in [3.63, 3.8) is 0 Å². The fraction of sp³-hybridized carbons (Fsp3) is 0.389. The lowest BCUT2D eigenvalue weighted by Crippen LogP contribution is -2.20. The Labute approximate surface area is 147 Å². The number of carbonyl (C=O) groups excluding carboxylic acids is 2. The number of aromatic amines is 1. The van der Waals surface area contributed by atoms with Gasteiger partial charge in [-0.1, -0.05) is 26.0 Å². The molecule has 0 fully saturated rings. The molecule has 134 valence electrons. The zero-order valence-corrected chi connectivity index (χ0v) is 14.8. The molecule has 0 saturated heterocycles. The van der Waals surface area contributed by atoms with E-state index in [9.17, 15) is 9.59 Å². The van der Waals surface area contributed by atoms with Crippen LogP contribution in [0.2, 0.25) is 0 Å². The van der Waals surface area contributed by atoms with E-state index in [1.165, 1.54) is 0 Å². The summed E-state index contributed by atoms with van der Waals surface area (Å²) in [4.78, 5) is 23.4. The molecule has 0 radical (unpaired) electrons. The van der Waals surface area contributed by atoms with Gasteiger partial charge >= 0.3 is 6.03 Å². The lowest BCUT2D eigenvalue weighted by molar-refractivity contribution is -0.119. The van der Waals surface area contributed by atoms with Gasteiger partial charge in [0.25, 0.3) is 0 Å². The van der Waals surface area contributed by atoms with Crippen LogP contribution in [0.25, 0.3) is 0 Å². The molecule has 3 amide bonds. The van der Waals surface area contributed by atoms with Gasteiger partial charge in [0.2, 0.25) is 5.91 Å². The lowest BCUT2D eigenvalue weighted by atomic mass is 10.1. The Balaban J connectivity index is 1.84. The highest BCUT2D eigenvalue weighted by atomic mass is 16.2. The fourth-order valence-corrected chi connectivity index (χ4v) is 2.26. The number of aromatic nitrogens is 2. The molecule has 0 unspecified atom stereocenters. The van der Waals surface area contributed by atoms with E-state index in [4.69, 9.17) is 0 Å². The minimum Gasteiger partial charge on any atom is -0.359 e. The molecule has 7 heteroatoms. The smallest absolute Gasteiger partial charge is 0.324 e. The molecule has 4 N–H and O–H groups in total. The van der Waals surface area contributed by atoms with Crippen LogP contribution in [-0.2, 0) is 17.6 Å². The van der Waals surface area contributed by atoms with Crippen LogP contribution in [-0.4, -0.2) is 29.2 Å². The Morgan fingerprint density at radius 1 is 1.16 bits per heavy atom. The minimum absolute atomic E-state index is 0.0507. The summed E-state index contributed by atoms with van der Waals surface area (Å²) in [5, 5.41) is 15.0. The van der Waals surface area contributed by atoms with E-state index in [1.54, 1.807) is 19.2 Å². The van der Waals surface area contributed by atoms with Gasteiger partial charge in [0, 0.05) is 24.5 Å². The number of hydrogen-bond acceptors (Lipinski definition) is 3. The monoisotopic (exact) mass is 343 g/mol. The van der Waals surface area contributed by atoms with Crippen LogP contribution in [0.15, 0.2) is 30.3 Å². The summed E-state index contributed by atoms with van der Waals surface area (Å²) in [7, 11) is 1.60. The molecule has 0 spiro atoms. The maximum atomic E-state index is 12.0. The average Bonchev–Trinajstić information content (AvgIpc) is 3.02. The normalized spacial score (nSPS) is 10.6. The van der Waals surface area contributed by atoms with Crippen molar-refractivity contribution in [2.45, 2.75) is 33.1 Å². The van der Waals surface area contributed by atoms with E-state index in [-0.39, 0.29) is 11.9 Å². The van der Waals surface area contributed by atoms with Gasteiger partial charge in [-0.25, -0.2) is 4.79 Å². The summed E-state index contributed by atoms with van der Waals surface area (Å²) < 4.78 is 0. The molecule has 0 aliphatic rings. The maximum Gasteiger partial charge on any atom is 0.324 e. The number of hydrogen-bond donors (Lipinski definition) is 4. The minimum atomic E-state index is -0.360. The number of rotatable bonds is 7. The summed E-state index contributed by atoms with van der Waals surface area (Å²) in [6.07, 6.45) is 2.28. The molecule has 2 aromatic rings. The topological polar surface area (TPSA) is 98.9 Å². The van der Waals surface area contributed by atoms with Crippen molar-refractivity contribution >= 4 is 23.4 Å². The van der Waals surface area contributed by atoms with Crippen molar-refractivity contribution in [2.75, 3.05) is 17.7 Å². The lowest BCUT2D eigenvalue weighted by Gasteiger charge is -2.06. The van der Waals surface area contributed by atoms with Crippen LogP contribution in [0.4, 0.5) is 16.3 Å². The zero-order chi connectivity index (χ0) is 18.2. The Morgan fingerprint density at radius 3 is 2.52 bits per heavy atom. The number of amides is 3. The standard InChI is InChI=1S/C18H25N5O2/c1-12(2)4-7-15-11-16(23-22-15)21-18(25)20-14-8-5-13(6-9-14)10-17(24)19-3/h5-6,8-9,11-12H,4,7,10H2,1-3H3,(H,19,24)(H3,20,21,22,23,25). The van der Waals surface area contributed by atoms with Gasteiger partial charge in [-0.2, -0.15) is 5.10 Å². The van der Waals surface area contributed by atoms with Crippen molar-refractivity contribution in [3.05, 3.63) is 41.6 Å². The summed E-state index contributed by atoms with van der Waals surface area (Å²) in [5.41, 5.74) is 2.53. The van der Waals surface area contributed by atoms with Crippen molar-refractivity contribution in [1.29, 1.82) is 0 Å². The average molecular weight is 343 g/mol. The zero-order valence-electron chi connectivity index (χ0n) is 14.8. The summed E-state index contributed by atoms with van der Waals surface area (Å²) in [5.74, 6) is 1.06. The van der Waals surface area contributed by atoms with Crippen molar-refractivity contribution in [3.8, 4) is 0 Å². The Kier molecular flexibility index (Phi) is 6.56. The van der Waals surface area contributed by atoms with E-state index in [1.807, 2.05) is 18.2 Å². The van der Waals surface area contributed by atoms with E-state index >= 15 is 0 Å². The number of H-pyrrole nitrogens is 1. The molecular formula is C18H25N5O2. The molecule has 1 aromatic carbocycles. The van der Waals surface area contributed by atoms with Crippen LogP contribution >= 0.6 is 0 Å².